The van der Waals surface area contributed by atoms with Gasteiger partial charge >= 0.3 is 0 Å². The molecule has 1 saturated heterocycles. The van der Waals surface area contributed by atoms with Crippen molar-refractivity contribution >= 4 is 74.9 Å². The predicted molar refractivity (Wildman–Crippen MR) is 166 cm³/mol. The Balaban J connectivity index is 1.67. The molecule has 0 saturated carbocycles. The minimum atomic E-state index is -1.05. The number of halogens is 3. The van der Waals surface area contributed by atoms with Crippen molar-refractivity contribution in [2.45, 2.75) is 19.0 Å². The summed E-state index contributed by atoms with van der Waals surface area (Å²) in [6.07, 6.45) is 0. The molecule has 1 fully saturated rings. The lowest BCUT2D eigenvalue weighted by molar-refractivity contribution is -0.132. The molecule has 8 nitrogen and oxygen atoms in total. The van der Waals surface area contributed by atoms with Gasteiger partial charge in [0.15, 0.2) is 0 Å². The lowest BCUT2D eigenvalue weighted by atomic mass is 9.97. The molecule has 5 rings (SSSR count). The molecule has 3 N–H and O–H groups in total. The average molecular weight is 692 g/mol. The minimum absolute atomic E-state index is 0.176. The van der Waals surface area contributed by atoms with E-state index in [1.54, 1.807) is 64.4 Å². The highest BCUT2D eigenvalue weighted by Gasteiger charge is 2.44. The van der Waals surface area contributed by atoms with Crippen molar-refractivity contribution in [3.05, 3.63) is 91.0 Å². The zero-order valence-electron chi connectivity index (χ0n) is 21.7. The first-order valence-electron chi connectivity index (χ1n) is 12.9. The summed E-state index contributed by atoms with van der Waals surface area (Å²) in [6, 6.07) is 15.6. The van der Waals surface area contributed by atoms with E-state index in [4.69, 9.17) is 28.9 Å². The summed E-state index contributed by atoms with van der Waals surface area (Å²) in [4.78, 5) is 47.2. The fraction of sp³-hybridized carbons (Fsp3) is 0.276. The summed E-state index contributed by atoms with van der Waals surface area (Å²) in [5.74, 6) is -0.913. The first-order valence-corrected chi connectivity index (χ1v) is 14.7. The van der Waals surface area contributed by atoms with Crippen molar-refractivity contribution < 1.29 is 14.4 Å². The van der Waals surface area contributed by atoms with Crippen molar-refractivity contribution in [1.82, 2.24) is 15.1 Å². The minimum Gasteiger partial charge on any atom is -0.398 e. The molecule has 0 aromatic heterocycles. The van der Waals surface area contributed by atoms with Gasteiger partial charge < -0.3 is 25.8 Å². The number of fused-ring (bicyclic) bond motifs is 1. The van der Waals surface area contributed by atoms with Crippen LogP contribution in [0.1, 0.15) is 40.5 Å². The highest BCUT2D eigenvalue weighted by molar-refractivity contribution is 14.1. The second-order valence-corrected chi connectivity index (χ2v) is 12.0. The van der Waals surface area contributed by atoms with Crippen LogP contribution in [0, 0.1) is 3.57 Å². The number of nitrogens with two attached hydrogens (primary N) is 1. The number of anilines is 2. The van der Waals surface area contributed by atoms with E-state index in [2.05, 4.69) is 27.9 Å². The molecular weight excluding hydrogens is 664 g/mol. The average Bonchev–Trinajstić information content (AvgIpc) is 3.02. The van der Waals surface area contributed by atoms with Crippen LogP contribution in [0.15, 0.2) is 60.7 Å². The van der Waals surface area contributed by atoms with E-state index >= 15 is 0 Å². The summed E-state index contributed by atoms with van der Waals surface area (Å²) in [6.45, 7) is 4.14. The summed E-state index contributed by atoms with van der Waals surface area (Å²) in [5, 5.41) is 4.21. The first-order chi connectivity index (χ1) is 19.2. The Morgan fingerprint density at radius 3 is 2.38 bits per heavy atom. The monoisotopic (exact) mass is 691 g/mol. The van der Waals surface area contributed by atoms with Crippen LogP contribution < -0.4 is 16.0 Å². The maximum absolute atomic E-state index is 14.6. The Hall–Kier alpha value is -2.86. The molecule has 208 valence electrons. The predicted octanol–water partition coefficient (Wildman–Crippen LogP) is 4.90. The molecule has 2 heterocycles. The third kappa shape index (κ3) is 5.65. The van der Waals surface area contributed by atoms with Gasteiger partial charge in [0.2, 0.25) is 5.91 Å². The van der Waals surface area contributed by atoms with Crippen molar-refractivity contribution in [1.29, 1.82) is 0 Å². The molecule has 11 heteroatoms. The van der Waals surface area contributed by atoms with Crippen LogP contribution in [0.2, 0.25) is 10.0 Å². The molecule has 40 heavy (non-hydrogen) atoms. The number of carbonyl (C=O) groups is 3. The number of amides is 3. The highest BCUT2D eigenvalue weighted by atomic mass is 127. The number of benzene rings is 3. The second kappa shape index (κ2) is 11.9. The van der Waals surface area contributed by atoms with Gasteiger partial charge in [0.05, 0.1) is 17.3 Å². The Bertz CT molecular complexity index is 1460. The Labute approximate surface area is 256 Å². The molecule has 2 aliphatic rings. The highest BCUT2D eigenvalue weighted by Crippen LogP contribution is 2.41. The standard InChI is InChI=1S/C29H28Cl2IN5O3/c1-17(22-8-6-20(31)14-24(22)33)37-27(18-2-4-19(30)5-3-18)29(40)36(16-26(38)35-12-10-34-11-13-35)25-9-7-21(32)15-23(25)28(37)39/h2-9,14-15,17,27,34H,10-13,16,33H2,1H3. The van der Waals surface area contributed by atoms with Crippen LogP contribution in [0.25, 0.3) is 0 Å². The summed E-state index contributed by atoms with van der Waals surface area (Å²) in [5.41, 5.74) is 8.73. The summed E-state index contributed by atoms with van der Waals surface area (Å²) < 4.78 is 0.828. The van der Waals surface area contributed by atoms with Crippen LogP contribution in [0.4, 0.5) is 11.4 Å². The Kier molecular flexibility index (Phi) is 8.55. The maximum atomic E-state index is 14.6. The number of hydrogen-bond donors (Lipinski definition) is 2. The number of nitrogens with zero attached hydrogens (tertiary/aromatic N) is 3. The molecule has 2 atom stereocenters. The van der Waals surface area contributed by atoms with Gasteiger partial charge in [0.1, 0.15) is 12.6 Å². The molecular formula is C29H28Cl2IN5O3. The first kappa shape index (κ1) is 28.7. The lowest BCUT2D eigenvalue weighted by Gasteiger charge is -2.36. The van der Waals surface area contributed by atoms with Gasteiger partial charge in [-0.1, -0.05) is 41.4 Å². The smallest absolute Gasteiger partial charge is 0.257 e. The van der Waals surface area contributed by atoms with E-state index in [1.807, 2.05) is 13.0 Å². The number of nitrogen functional groups attached to an aromatic ring is 1. The number of piperazine rings is 1. The van der Waals surface area contributed by atoms with E-state index in [-0.39, 0.29) is 18.4 Å². The van der Waals surface area contributed by atoms with Gasteiger partial charge in [0.25, 0.3) is 11.8 Å². The van der Waals surface area contributed by atoms with E-state index in [1.165, 1.54) is 4.90 Å². The van der Waals surface area contributed by atoms with Crippen molar-refractivity contribution in [2.75, 3.05) is 43.4 Å². The van der Waals surface area contributed by atoms with Gasteiger partial charge in [-0.3, -0.25) is 14.4 Å². The topological polar surface area (TPSA) is 99.0 Å². The van der Waals surface area contributed by atoms with E-state index in [9.17, 15) is 14.4 Å². The Morgan fingerprint density at radius 2 is 1.70 bits per heavy atom. The van der Waals surface area contributed by atoms with E-state index in [0.717, 1.165) is 3.57 Å². The van der Waals surface area contributed by atoms with Gasteiger partial charge in [0, 0.05) is 45.5 Å². The van der Waals surface area contributed by atoms with Crippen molar-refractivity contribution in [3.63, 3.8) is 0 Å². The molecule has 3 aromatic carbocycles. The molecule has 3 aromatic rings. The van der Waals surface area contributed by atoms with Crippen LogP contribution in [-0.4, -0.2) is 60.2 Å². The van der Waals surface area contributed by atoms with Crippen molar-refractivity contribution in [3.8, 4) is 0 Å². The zero-order chi connectivity index (χ0) is 28.6. The van der Waals surface area contributed by atoms with Crippen LogP contribution in [-0.2, 0) is 9.59 Å². The lowest BCUT2D eigenvalue weighted by Crippen LogP contribution is -2.51. The third-order valence-electron chi connectivity index (χ3n) is 7.36. The van der Waals surface area contributed by atoms with Crippen LogP contribution >= 0.6 is 45.8 Å². The molecule has 0 radical (unpaired) electrons. The van der Waals surface area contributed by atoms with Gasteiger partial charge in [-0.2, -0.15) is 0 Å². The second-order valence-electron chi connectivity index (χ2n) is 9.83. The van der Waals surface area contributed by atoms with Crippen LogP contribution in [0.5, 0.6) is 0 Å². The largest absolute Gasteiger partial charge is 0.398 e. The maximum Gasteiger partial charge on any atom is 0.257 e. The van der Waals surface area contributed by atoms with Crippen molar-refractivity contribution in [2.24, 2.45) is 0 Å². The molecule has 2 unspecified atom stereocenters. The molecule has 0 aliphatic carbocycles. The fourth-order valence-corrected chi connectivity index (χ4v) is 6.09. The summed E-state index contributed by atoms with van der Waals surface area (Å²) in [7, 11) is 0. The van der Waals surface area contributed by atoms with Gasteiger partial charge in [-0.25, -0.2) is 0 Å². The number of rotatable bonds is 5. The molecule has 0 spiro atoms. The van der Waals surface area contributed by atoms with Crippen LogP contribution in [0.3, 0.4) is 0 Å². The van der Waals surface area contributed by atoms with Gasteiger partial charge in [-0.15, -0.1) is 0 Å². The quantitative estimate of drug-likeness (QED) is 0.293. The zero-order valence-corrected chi connectivity index (χ0v) is 25.4. The van der Waals surface area contributed by atoms with Gasteiger partial charge in [-0.05, 0) is 83.1 Å². The summed E-state index contributed by atoms with van der Waals surface area (Å²) >= 11 is 14.5. The third-order valence-corrected chi connectivity index (χ3v) is 8.52. The number of carbonyl (C=O) groups excluding carboxylic acids is 3. The van der Waals surface area contributed by atoms with E-state index in [0.29, 0.717) is 64.3 Å². The number of hydrogen-bond acceptors (Lipinski definition) is 5. The SMILES string of the molecule is CC(c1ccc(Cl)cc1N)N1C(=O)c2cc(I)ccc2N(CC(=O)N2CCNCC2)C(=O)C1c1ccc(Cl)cc1. The molecule has 2 aliphatic heterocycles. The molecule has 3 amide bonds. The number of nitrogens with one attached hydrogen (secondary N) is 1. The fourth-order valence-electron chi connectivity index (χ4n) is 5.29. The normalized spacial score (nSPS) is 18.4. The van der Waals surface area contributed by atoms with E-state index < -0.39 is 18.0 Å². The molecule has 0 bridgehead atoms. The Morgan fingerprint density at radius 1 is 1.02 bits per heavy atom.